The SMILES string of the molecule is C=N/C(NC1(C)CC1)=C(\C)C(C(=O)NC(C)c1ncc(F)cn1)=C(C)C. The van der Waals surface area contributed by atoms with E-state index < -0.39 is 11.9 Å². The average Bonchev–Trinajstić information content (AvgIpc) is 3.30. The van der Waals surface area contributed by atoms with Crippen LogP contribution in [0.15, 0.2) is 39.9 Å². The first-order valence-corrected chi connectivity index (χ1v) is 8.59. The number of aromatic nitrogens is 2. The van der Waals surface area contributed by atoms with E-state index in [1.807, 2.05) is 20.8 Å². The van der Waals surface area contributed by atoms with Crippen molar-refractivity contribution in [3.05, 3.63) is 46.6 Å². The minimum atomic E-state index is -0.516. The Morgan fingerprint density at radius 1 is 1.31 bits per heavy atom. The van der Waals surface area contributed by atoms with Crippen molar-refractivity contribution in [2.24, 2.45) is 4.99 Å². The van der Waals surface area contributed by atoms with Crippen molar-refractivity contribution in [2.75, 3.05) is 0 Å². The average molecular weight is 359 g/mol. The standard InChI is InChI=1S/C19H26FN5O/c1-11(2)15(12(3)16(21-6)25-19(5)7-8-19)18(26)24-13(4)17-22-9-14(20)10-23-17/h9-10,13,25H,6-8H2,1-5H3,(H,24,26)/b16-12-. The number of allylic oxidation sites excluding steroid dienone is 1. The van der Waals surface area contributed by atoms with E-state index in [0.717, 1.165) is 36.4 Å². The Bertz CT molecular complexity index is 759. The van der Waals surface area contributed by atoms with Gasteiger partial charge in [0.15, 0.2) is 5.82 Å². The molecule has 0 bridgehead atoms. The number of nitrogens with one attached hydrogen (secondary N) is 2. The molecule has 1 fully saturated rings. The van der Waals surface area contributed by atoms with E-state index in [1.54, 1.807) is 6.92 Å². The molecular weight excluding hydrogens is 333 g/mol. The molecule has 1 aromatic heterocycles. The molecule has 0 saturated heterocycles. The van der Waals surface area contributed by atoms with Crippen LogP contribution in [0.1, 0.15) is 59.3 Å². The molecule has 1 saturated carbocycles. The topological polar surface area (TPSA) is 79.3 Å². The first-order chi connectivity index (χ1) is 12.2. The Labute approximate surface area is 153 Å². The number of hydrogen-bond acceptors (Lipinski definition) is 5. The number of nitrogens with zero attached hydrogens (tertiary/aromatic N) is 3. The summed E-state index contributed by atoms with van der Waals surface area (Å²) in [6.45, 7) is 13.1. The largest absolute Gasteiger partial charge is 0.365 e. The van der Waals surface area contributed by atoms with Crippen LogP contribution >= 0.6 is 0 Å². The summed E-state index contributed by atoms with van der Waals surface area (Å²) < 4.78 is 13.0. The lowest BCUT2D eigenvalue weighted by Gasteiger charge is -2.20. The zero-order chi connectivity index (χ0) is 19.5. The van der Waals surface area contributed by atoms with Crippen molar-refractivity contribution in [1.29, 1.82) is 0 Å². The summed E-state index contributed by atoms with van der Waals surface area (Å²) in [6.07, 6.45) is 4.29. The number of halogens is 1. The normalized spacial score (nSPS) is 16.8. The summed E-state index contributed by atoms with van der Waals surface area (Å²) >= 11 is 0. The highest BCUT2D eigenvalue weighted by atomic mass is 19.1. The van der Waals surface area contributed by atoms with Crippen LogP contribution in [-0.2, 0) is 4.79 Å². The van der Waals surface area contributed by atoms with Gasteiger partial charge in [-0.3, -0.25) is 4.79 Å². The molecule has 2 N–H and O–H groups in total. The van der Waals surface area contributed by atoms with Gasteiger partial charge in [-0.05, 0) is 54.2 Å². The Kier molecular flexibility index (Phi) is 5.90. The summed E-state index contributed by atoms with van der Waals surface area (Å²) in [5, 5.41) is 6.24. The molecular formula is C19H26FN5O. The van der Waals surface area contributed by atoms with Crippen LogP contribution in [0.2, 0.25) is 0 Å². The Morgan fingerprint density at radius 3 is 2.35 bits per heavy atom. The lowest BCUT2D eigenvalue weighted by molar-refractivity contribution is -0.118. The van der Waals surface area contributed by atoms with Crippen molar-refractivity contribution >= 4 is 12.6 Å². The van der Waals surface area contributed by atoms with E-state index >= 15 is 0 Å². The van der Waals surface area contributed by atoms with Crippen LogP contribution in [0, 0.1) is 5.82 Å². The molecule has 26 heavy (non-hydrogen) atoms. The van der Waals surface area contributed by atoms with E-state index in [-0.39, 0.29) is 11.4 Å². The van der Waals surface area contributed by atoms with Crippen LogP contribution in [0.3, 0.4) is 0 Å². The van der Waals surface area contributed by atoms with E-state index in [4.69, 9.17) is 0 Å². The fraction of sp³-hybridized carbons (Fsp3) is 0.474. The maximum atomic E-state index is 13.0. The highest BCUT2D eigenvalue weighted by Crippen LogP contribution is 2.36. The van der Waals surface area contributed by atoms with Crippen LogP contribution in [0.4, 0.5) is 4.39 Å². The highest BCUT2D eigenvalue weighted by molar-refractivity contribution is 5.98. The van der Waals surface area contributed by atoms with Crippen LogP contribution in [0.25, 0.3) is 0 Å². The second-order valence-corrected chi connectivity index (χ2v) is 7.15. The van der Waals surface area contributed by atoms with Gasteiger partial charge in [-0.15, -0.1) is 0 Å². The molecule has 1 aliphatic carbocycles. The molecule has 1 atom stereocenters. The fourth-order valence-corrected chi connectivity index (χ4v) is 2.62. The smallest absolute Gasteiger partial charge is 0.252 e. The molecule has 1 aromatic rings. The second kappa shape index (κ2) is 7.76. The first-order valence-electron chi connectivity index (χ1n) is 8.59. The lowest BCUT2D eigenvalue weighted by atomic mass is 10.0. The minimum absolute atomic E-state index is 0.0241. The summed E-state index contributed by atoms with van der Waals surface area (Å²) in [7, 11) is 0. The predicted octanol–water partition coefficient (Wildman–Crippen LogP) is 3.20. The van der Waals surface area contributed by atoms with Crippen LogP contribution < -0.4 is 10.6 Å². The first kappa shape index (κ1) is 19.8. The Hall–Kier alpha value is -2.57. The number of carbonyl (C=O) groups is 1. The molecule has 1 unspecified atom stereocenters. The summed E-state index contributed by atoms with van der Waals surface area (Å²) in [4.78, 5) is 24.8. The van der Waals surface area contributed by atoms with E-state index in [1.165, 1.54) is 0 Å². The van der Waals surface area contributed by atoms with Gasteiger partial charge in [-0.1, -0.05) is 5.57 Å². The molecule has 2 rings (SSSR count). The van der Waals surface area contributed by atoms with Crippen molar-refractivity contribution < 1.29 is 9.18 Å². The number of amides is 1. The van der Waals surface area contributed by atoms with Gasteiger partial charge in [0.1, 0.15) is 11.6 Å². The predicted molar refractivity (Wildman–Crippen MR) is 99.9 cm³/mol. The zero-order valence-corrected chi connectivity index (χ0v) is 16.0. The molecule has 1 amide bonds. The third kappa shape index (κ3) is 4.74. The van der Waals surface area contributed by atoms with Crippen molar-refractivity contribution in [3.8, 4) is 0 Å². The fourth-order valence-electron chi connectivity index (χ4n) is 2.62. The third-order valence-corrected chi connectivity index (χ3v) is 4.41. The van der Waals surface area contributed by atoms with Gasteiger partial charge in [0.25, 0.3) is 5.91 Å². The monoisotopic (exact) mass is 359 g/mol. The van der Waals surface area contributed by atoms with Crippen LogP contribution in [-0.4, -0.2) is 28.1 Å². The highest BCUT2D eigenvalue weighted by Gasteiger charge is 2.38. The van der Waals surface area contributed by atoms with E-state index in [2.05, 4.69) is 39.2 Å². The van der Waals surface area contributed by atoms with Gasteiger partial charge in [-0.25, -0.2) is 19.4 Å². The molecule has 6 nitrogen and oxygen atoms in total. The van der Waals surface area contributed by atoms with Crippen molar-refractivity contribution in [3.63, 3.8) is 0 Å². The van der Waals surface area contributed by atoms with Crippen LogP contribution in [0.5, 0.6) is 0 Å². The number of hydrogen-bond donors (Lipinski definition) is 2. The number of rotatable bonds is 7. The Balaban J connectivity index is 2.23. The van der Waals surface area contributed by atoms with Gasteiger partial charge in [0.05, 0.1) is 18.4 Å². The molecule has 0 aliphatic heterocycles. The zero-order valence-electron chi connectivity index (χ0n) is 16.0. The van der Waals surface area contributed by atoms with Gasteiger partial charge in [0, 0.05) is 16.7 Å². The van der Waals surface area contributed by atoms with Gasteiger partial charge in [-0.2, -0.15) is 0 Å². The van der Waals surface area contributed by atoms with E-state index in [0.29, 0.717) is 17.2 Å². The van der Waals surface area contributed by atoms with E-state index in [9.17, 15) is 9.18 Å². The number of aliphatic imine (C=N–C) groups is 1. The van der Waals surface area contributed by atoms with Gasteiger partial charge in [0.2, 0.25) is 0 Å². The number of carbonyl (C=O) groups excluding carboxylic acids is 1. The molecule has 7 heteroatoms. The molecule has 0 radical (unpaired) electrons. The van der Waals surface area contributed by atoms with Crippen molar-refractivity contribution in [2.45, 2.75) is 59.0 Å². The molecule has 0 spiro atoms. The quantitative estimate of drug-likeness (QED) is 0.445. The van der Waals surface area contributed by atoms with Gasteiger partial charge >= 0.3 is 0 Å². The Morgan fingerprint density at radius 2 is 1.88 bits per heavy atom. The maximum Gasteiger partial charge on any atom is 0.252 e. The summed E-state index contributed by atoms with van der Waals surface area (Å²) in [6, 6.07) is -0.459. The second-order valence-electron chi connectivity index (χ2n) is 7.15. The van der Waals surface area contributed by atoms with Crippen molar-refractivity contribution in [1.82, 2.24) is 20.6 Å². The molecule has 1 heterocycles. The lowest BCUT2D eigenvalue weighted by Crippen LogP contribution is -2.32. The van der Waals surface area contributed by atoms with Gasteiger partial charge < -0.3 is 10.6 Å². The minimum Gasteiger partial charge on any atom is -0.365 e. The maximum absolute atomic E-state index is 13.0. The molecule has 140 valence electrons. The molecule has 1 aliphatic rings. The summed E-state index contributed by atoms with van der Waals surface area (Å²) in [5.41, 5.74) is 2.16. The summed E-state index contributed by atoms with van der Waals surface area (Å²) in [5.74, 6) is 0.187. The third-order valence-electron chi connectivity index (χ3n) is 4.41. The molecule has 0 aromatic carbocycles.